The van der Waals surface area contributed by atoms with Crippen LogP contribution >= 0.6 is 0 Å². The molecule has 2 heterocycles. The van der Waals surface area contributed by atoms with Gasteiger partial charge in [-0.1, -0.05) is 6.92 Å². The summed E-state index contributed by atoms with van der Waals surface area (Å²) in [7, 11) is -3.29. The Bertz CT molecular complexity index is 657. The van der Waals surface area contributed by atoms with Gasteiger partial charge < -0.3 is 5.32 Å². The standard InChI is InChI=1S/C14H18N4O2S/c1-2-9-21(19,20)18-14-4-3-13(11-17-14)16-10-12-5-7-15-8-6-12/h3-8,11,16H,2,9-10H2,1H3,(H,17,18). The highest BCUT2D eigenvalue weighted by molar-refractivity contribution is 7.92. The third kappa shape index (κ3) is 5.03. The Morgan fingerprint density at radius 2 is 1.90 bits per heavy atom. The first-order chi connectivity index (χ1) is 10.1. The first-order valence-corrected chi connectivity index (χ1v) is 8.33. The minimum atomic E-state index is -3.29. The van der Waals surface area contributed by atoms with Gasteiger partial charge in [0.2, 0.25) is 10.0 Å². The fourth-order valence-electron chi connectivity index (χ4n) is 1.74. The van der Waals surface area contributed by atoms with E-state index in [2.05, 4.69) is 20.0 Å². The van der Waals surface area contributed by atoms with Crippen molar-refractivity contribution in [2.45, 2.75) is 19.9 Å². The summed E-state index contributed by atoms with van der Waals surface area (Å²) < 4.78 is 25.7. The number of pyridine rings is 2. The molecule has 0 saturated carbocycles. The van der Waals surface area contributed by atoms with Crippen molar-refractivity contribution < 1.29 is 8.42 Å². The van der Waals surface area contributed by atoms with Crippen LogP contribution in [0.1, 0.15) is 18.9 Å². The smallest absolute Gasteiger partial charge is 0.233 e. The number of rotatable bonds is 7. The molecule has 2 N–H and O–H groups in total. The number of anilines is 2. The Morgan fingerprint density at radius 3 is 2.52 bits per heavy atom. The molecular weight excluding hydrogens is 288 g/mol. The van der Waals surface area contributed by atoms with Crippen LogP contribution in [0.3, 0.4) is 0 Å². The molecule has 112 valence electrons. The van der Waals surface area contributed by atoms with E-state index >= 15 is 0 Å². The van der Waals surface area contributed by atoms with Gasteiger partial charge in [-0.15, -0.1) is 0 Å². The maximum Gasteiger partial charge on any atom is 0.233 e. The minimum absolute atomic E-state index is 0.0940. The summed E-state index contributed by atoms with van der Waals surface area (Å²) in [4.78, 5) is 8.05. The lowest BCUT2D eigenvalue weighted by atomic mass is 10.2. The average Bonchev–Trinajstić information content (AvgIpc) is 2.47. The maximum absolute atomic E-state index is 11.6. The molecular formula is C14H18N4O2S. The van der Waals surface area contributed by atoms with Crippen molar-refractivity contribution in [2.24, 2.45) is 0 Å². The molecule has 0 spiro atoms. The van der Waals surface area contributed by atoms with Crippen molar-refractivity contribution in [1.29, 1.82) is 0 Å². The fraction of sp³-hybridized carbons (Fsp3) is 0.286. The van der Waals surface area contributed by atoms with Gasteiger partial charge >= 0.3 is 0 Å². The van der Waals surface area contributed by atoms with E-state index in [0.717, 1.165) is 11.3 Å². The van der Waals surface area contributed by atoms with E-state index in [1.165, 1.54) is 0 Å². The third-order valence-corrected chi connectivity index (χ3v) is 4.21. The van der Waals surface area contributed by atoms with E-state index in [9.17, 15) is 8.42 Å². The molecule has 0 unspecified atom stereocenters. The molecule has 0 bridgehead atoms. The Kier molecular flexibility index (Phi) is 5.10. The summed E-state index contributed by atoms with van der Waals surface area (Å²) in [6.45, 7) is 2.48. The highest BCUT2D eigenvalue weighted by Gasteiger charge is 2.09. The largest absolute Gasteiger partial charge is 0.380 e. The van der Waals surface area contributed by atoms with E-state index in [0.29, 0.717) is 18.8 Å². The van der Waals surface area contributed by atoms with Gasteiger partial charge in [0, 0.05) is 18.9 Å². The average molecular weight is 306 g/mol. The summed E-state index contributed by atoms with van der Waals surface area (Å²) in [5.41, 5.74) is 1.93. The maximum atomic E-state index is 11.6. The van der Waals surface area contributed by atoms with Crippen LogP contribution in [0, 0.1) is 0 Å². The van der Waals surface area contributed by atoms with Crippen LogP contribution in [-0.4, -0.2) is 24.1 Å². The van der Waals surface area contributed by atoms with Gasteiger partial charge in [0.25, 0.3) is 0 Å². The van der Waals surface area contributed by atoms with Gasteiger partial charge in [0.1, 0.15) is 5.82 Å². The molecule has 0 amide bonds. The predicted molar refractivity (Wildman–Crippen MR) is 83.5 cm³/mol. The summed E-state index contributed by atoms with van der Waals surface area (Å²) in [6, 6.07) is 7.28. The Hall–Kier alpha value is -2.15. The van der Waals surface area contributed by atoms with Crippen LogP contribution in [0.4, 0.5) is 11.5 Å². The molecule has 6 nitrogen and oxygen atoms in total. The molecule has 0 aliphatic carbocycles. The van der Waals surface area contributed by atoms with Crippen LogP contribution < -0.4 is 10.0 Å². The van der Waals surface area contributed by atoms with Crippen LogP contribution in [0.15, 0.2) is 42.9 Å². The Balaban J connectivity index is 1.93. The van der Waals surface area contributed by atoms with Crippen molar-refractivity contribution in [3.05, 3.63) is 48.4 Å². The molecule has 2 aromatic heterocycles. The van der Waals surface area contributed by atoms with Gasteiger partial charge in [-0.3, -0.25) is 9.71 Å². The first kappa shape index (κ1) is 15.2. The Morgan fingerprint density at radius 1 is 1.14 bits per heavy atom. The molecule has 0 fully saturated rings. The van der Waals surface area contributed by atoms with Crippen LogP contribution in [0.25, 0.3) is 0 Å². The topological polar surface area (TPSA) is 84.0 Å². The van der Waals surface area contributed by atoms with Gasteiger partial charge in [0.05, 0.1) is 17.6 Å². The SMILES string of the molecule is CCCS(=O)(=O)Nc1ccc(NCc2ccncc2)cn1. The zero-order valence-corrected chi connectivity index (χ0v) is 12.6. The first-order valence-electron chi connectivity index (χ1n) is 6.68. The molecule has 0 saturated heterocycles. The molecule has 0 radical (unpaired) electrons. The quantitative estimate of drug-likeness (QED) is 0.819. The summed E-state index contributed by atoms with van der Waals surface area (Å²) in [6.07, 6.45) is 5.65. The van der Waals surface area contributed by atoms with Gasteiger partial charge in [-0.2, -0.15) is 0 Å². The second-order valence-electron chi connectivity index (χ2n) is 4.56. The second kappa shape index (κ2) is 7.03. The van der Waals surface area contributed by atoms with Crippen molar-refractivity contribution in [3.63, 3.8) is 0 Å². The van der Waals surface area contributed by atoms with E-state index in [1.54, 1.807) is 30.7 Å². The molecule has 21 heavy (non-hydrogen) atoms. The Labute approximate surface area is 124 Å². The molecule has 7 heteroatoms. The number of aromatic nitrogens is 2. The number of hydrogen-bond donors (Lipinski definition) is 2. The van der Waals surface area contributed by atoms with Crippen molar-refractivity contribution in [2.75, 3.05) is 15.8 Å². The lowest BCUT2D eigenvalue weighted by molar-refractivity contribution is 0.599. The van der Waals surface area contributed by atoms with E-state index in [1.807, 2.05) is 19.1 Å². The third-order valence-electron chi connectivity index (χ3n) is 2.74. The van der Waals surface area contributed by atoms with E-state index in [4.69, 9.17) is 0 Å². The van der Waals surface area contributed by atoms with Gasteiger partial charge in [0.15, 0.2) is 0 Å². The highest BCUT2D eigenvalue weighted by Crippen LogP contribution is 2.12. The normalized spacial score (nSPS) is 11.1. The molecule has 2 rings (SSSR count). The molecule has 0 aliphatic rings. The van der Waals surface area contributed by atoms with Crippen molar-refractivity contribution in [3.8, 4) is 0 Å². The second-order valence-corrected chi connectivity index (χ2v) is 6.40. The van der Waals surface area contributed by atoms with Crippen molar-refractivity contribution >= 4 is 21.5 Å². The number of nitrogens with one attached hydrogen (secondary N) is 2. The van der Waals surface area contributed by atoms with Crippen LogP contribution in [0.2, 0.25) is 0 Å². The summed E-state index contributed by atoms with van der Waals surface area (Å²) in [5.74, 6) is 0.425. The lowest BCUT2D eigenvalue weighted by Crippen LogP contribution is -2.16. The van der Waals surface area contributed by atoms with Gasteiger partial charge in [-0.25, -0.2) is 13.4 Å². The molecule has 2 aromatic rings. The number of nitrogens with zero attached hydrogens (tertiary/aromatic N) is 2. The van der Waals surface area contributed by atoms with E-state index in [-0.39, 0.29) is 5.75 Å². The lowest BCUT2D eigenvalue weighted by Gasteiger charge is -2.08. The number of sulfonamides is 1. The van der Waals surface area contributed by atoms with E-state index < -0.39 is 10.0 Å². The molecule has 0 aromatic carbocycles. The molecule has 0 aliphatic heterocycles. The monoisotopic (exact) mass is 306 g/mol. The van der Waals surface area contributed by atoms with Crippen LogP contribution in [0.5, 0.6) is 0 Å². The predicted octanol–water partition coefficient (Wildman–Crippen LogP) is 2.24. The zero-order valence-electron chi connectivity index (χ0n) is 11.8. The highest BCUT2D eigenvalue weighted by atomic mass is 32.2. The van der Waals surface area contributed by atoms with Gasteiger partial charge in [-0.05, 0) is 36.2 Å². The zero-order chi connectivity index (χ0) is 15.1. The van der Waals surface area contributed by atoms with Crippen LogP contribution in [-0.2, 0) is 16.6 Å². The fourth-order valence-corrected chi connectivity index (χ4v) is 2.82. The number of hydrogen-bond acceptors (Lipinski definition) is 5. The minimum Gasteiger partial charge on any atom is -0.380 e. The van der Waals surface area contributed by atoms with Crippen molar-refractivity contribution in [1.82, 2.24) is 9.97 Å². The molecule has 0 atom stereocenters. The summed E-state index contributed by atoms with van der Waals surface area (Å²) >= 11 is 0. The summed E-state index contributed by atoms with van der Waals surface area (Å²) in [5, 5.41) is 3.21.